The molecule has 0 aliphatic heterocycles. The van der Waals surface area contributed by atoms with Gasteiger partial charge in [0.2, 0.25) is 0 Å². The van der Waals surface area contributed by atoms with E-state index in [1.165, 1.54) is 6.92 Å². The van der Waals surface area contributed by atoms with Crippen molar-refractivity contribution in [1.29, 1.82) is 0 Å². The van der Waals surface area contributed by atoms with Crippen molar-refractivity contribution in [3.8, 4) is 0 Å². The monoisotopic (exact) mass is 297 g/mol. The van der Waals surface area contributed by atoms with Crippen molar-refractivity contribution >= 4 is 21.6 Å². The third-order valence-electron chi connectivity index (χ3n) is 1.98. The molecular formula is C9H7BrF3NO2. The molecule has 1 aromatic rings. The minimum atomic E-state index is -4.59. The summed E-state index contributed by atoms with van der Waals surface area (Å²) in [5, 5.41) is 10.4. The lowest BCUT2D eigenvalue weighted by molar-refractivity contribution is -0.385. The van der Waals surface area contributed by atoms with Crippen LogP contribution in [0.15, 0.2) is 18.2 Å². The summed E-state index contributed by atoms with van der Waals surface area (Å²) in [5.41, 5.74) is -1.56. The second kappa shape index (κ2) is 4.40. The van der Waals surface area contributed by atoms with Gasteiger partial charge in [0.1, 0.15) is 0 Å². The Bertz CT molecular complexity index is 418. The Morgan fingerprint density at radius 1 is 1.44 bits per heavy atom. The third-order valence-corrected chi connectivity index (χ3v) is 2.47. The van der Waals surface area contributed by atoms with Gasteiger partial charge in [-0.1, -0.05) is 22.0 Å². The van der Waals surface area contributed by atoms with Crippen LogP contribution in [0.5, 0.6) is 0 Å². The zero-order valence-electron chi connectivity index (χ0n) is 8.08. The first kappa shape index (κ1) is 13.0. The van der Waals surface area contributed by atoms with E-state index < -0.39 is 27.2 Å². The van der Waals surface area contributed by atoms with Crippen molar-refractivity contribution in [3.63, 3.8) is 0 Å². The predicted octanol–water partition coefficient (Wildman–Crippen LogP) is 4.07. The number of alkyl halides is 4. The number of hydrogen-bond donors (Lipinski definition) is 0. The first-order chi connectivity index (χ1) is 7.23. The molecule has 0 N–H and O–H groups in total. The standard InChI is InChI=1S/C9H7BrF3NO2/c1-5(10)7-3-2-6(14(15)16)4-8(7)9(11,12)13/h2-5H,1H3. The second-order valence-corrected chi connectivity index (χ2v) is 4.52. The second-order valence-electron chi connectivity index (χ2n) is 3.14. The maximum absolute atomic E-state index is 12.6. The molecule has 0 spiro atoms. The van der Waals surface area contributed by atoms with E-state index in [-0.39, 0.29) is 5.56 Å². The van der Waals surface area contributed by atoms with Crippen molar-refractivity contribution in [2.45, 2.75) is 17.9 Å². The highest BCUT2D eigenvalue weighted by Crippen LogP contribution is 2.38. The summed E-state index contributed by atoms with van der Waals surface area (Å²) < 4.78 is 37.8. The highest BCUT2D eigenvalue weighted by Gasteiger charge is 2.35. The van der Waals surface area contributed by atoms with Crippen LogP contribution in [0.4, 0.5) is 18.9 Å². The van der Waals surface area contributed by atoms with E-state index >= 15 is 0 Å². The SMILES string of the molecule is CC(Br)c1ccc([N+](=O)[O-])cc1C(F)(F)F. The van der Waals surface area contributed by atoms with E-state index in [2.05, 4.69) is 15.9 Å². The first-order valence-electron chi connectivity index (χ1n) is 4.23. The van der Waals surface area contributed by atoms with Crippen LogP contribution < -0.4 is 0 Å². The van der Waals surface area contributed by atoms with Crippen LogP contribution in [-0.4, -0.2) is 4.92 Å². The molecule has 0 saturated heterocycles. The molecule has 0 fully saturated rings. The molecule has 1 atom stereocenters. The molecule has 1 rings (SSSR count). The van der Waals surface area contributed by atoms with Crippen molar-refractivity contribution in [2.75, 3.05) is 0 Å². The molecule has 0 aliphatic rings. The van der Waals surface area contributed by atoms with Gasteiger partial charge in [0.05, 0.1) is 10.5 Å². The molecule has 88 valence electrons. The summed E-state index contributed by atoms with van der Waals surface area (Å²) in [6.45, 7) is 1.52. The summed E-state index contributed by atoms with van der Waals surface area (Å²) >= 11 is 3.02. The average molecular weight is 298 g/mol. The predicted molar refractivity (Wildman–Crippen MR) is 55.4 cm³/mol. The van der Waals surface area contributed by atoms with Crippen LogP contribution in [0.3, 0.4) is 0 Å². The Morgan fingerprint density at radius 3 is 2.38 bits per heavy atom. The molecule has 7 heteroatoms. The normalized spacial score (nSPS) is 13.6. The maximum atomic E-state index is 12.6. The van der Waals surface area contributed by atoms with Gasteiger partial charge in [0, 0.05) is 17.0 Å². The van der Waals surface area contributed by atoms with E-state index in [0.29, 0.717) is 6.07 Å². The van der Waals surface area contributed by atoms with Gasteiger partial charge >= 0.3 is 6.18 Å². The third kappa shape index (κ3) is 2.72. The van der Waals surface area contributed by atoms with Crippen LogP contribution in [0, 0.1) is 10.1 Å². The van der Waals surface area contributed by atoms with Crippen LogP contribution in [0.25, 0.3) is 0 Å². The van der Waals surface area contributed by atoms with E-state index in [1.54, 1.807) is 0 Å². The van der Waals surface area contributed by atoms with Gasteiger partial charge in [-0.2, -0.15) is 13.2 Å². The molecule has 0 bridgehead atoms. The molecule has 16 heavy (non-hydrogen) atoms. The highest BCUT2D eigenvalue weighted by molar-refractivity contribution is 9.09. The van der Waals surface area contributed by atoms with Gasteiger partial charge in [-0.3, -0.25) is 10.1 Å². The molecule has 3 nitrogen and oxygen atoms in total. The van der Waals surface area contributed by atoms with Gasteiger partial charge < -0.3 is 0 Å². The number of nitrogens with zero attached hydrogens (tertiary/aromatic N) is 1. The van der Waals surface area contributed by atoms with Gasteiger partial charge in [-0.15, -0.1) is 0 Å². The molecule has 0 heterocycles. The molecule has 0 radical (unpaired) electrons. The number of benzene rings is 1. The fourth-order valence-corrected chi connectivity index (χ4v) is 1.65. The summed E-state index contributed by atoms with van der Waals surface area (Å²) in [4.78, 5) is 9.02. The van der Waals surface area contributed by atoms with E-state index in [4.69, 9.17) is 0 Å². The zero-order chi connectivity index (χ0) is 12.5. The van der Waals surface area contributed by atoms with Crippen LogP contribution in [-0.2, 0) is 6.18 Å². The Morgan fingerprint density at radius 2 is 2.00 bits per heavy atom. The van der Waals surface area contributed by atoms with Crippen molar-refractivity contribution in [3.05, 3.63) is 39.4 Å². The molecular weight excluding hydrogens is 291 g/mol. The fraction of sp³-hybridized carbons (Fsp3) is 0.333. The van der Waals surface area contributed by atoms with Gasteiger partial charge in [0.15, 0.2) is 0 Å². The molecule has 0 saturated carbocycles. The number of nitro groups is 1. The average Bonchev–Trinajstić information content (AvgIpc) is 2.15. The van der Waals surface area contributed by atoms with E-state index in [9.17, 15) is 23.3 Å². The van der Waals surface area contributed by atoms with Crippen molar-refractivity contribution in [2.24, 2.45) is 0 Å². The molecule has 0 aliphatic carbocycles. The number of non-ortho nitro benzene ring substituents is 1. The number of hydrogen-bond acceptors (Lipinski definition) is 2. The maximum Gasteiger partial charge on any atom is 0.416 e. The number of halogens is 4. The molecule has 1 aromatic carbocycles. The summed E-state index contributed by atoms with van der Waals surface area (Å²) in [7, 11) is 0. The quantitative estimate of drug-likeness (QED) is 0.469. The summed E-state index contributed by atoms with van der Waals surface area (Å²) in [6.07, 6.45) is -4.59. The minimum absolute atomic E-state index is 0.0156. The van der Waals surface area contributed by atoms with Gasteiger partial charge in [-0.25, -0.2) is 0 Å². The van der Waals surface area contributed by atoms with E-state index in [0.717, 1.165) is 12.1 Å². The van der Waals surface area contributed by atoms with Crippen LogP contribution >= 0.6 is 15.9 Å². The summed E-state index contributed by atoms with van der Waals surface area (Å²) in [6, 6.07) is 2.72. The molecule has 1 unspecified atom stereocenters. The fourth-order valence-electron chi connectivity index (χ4n) is 1.25. The lowest BCUT2D eigenvalue weighted by Gasteiger charge is -2.13. The summed E-state index contributed by atoms with van der Waals surface area (Å²) in [5.74, 6) is 0. The number of nitro benzene ring substituents is 1. The zero-order valence-corrected chi connectivity index (χ0v) is 9.67. The lowest BCUT2D eigenvalue weighted by atomic mass is 10.0. The van der Waals surface area contributed by atoms with Crippen molar-refractivity contribution in [1.82, 2.24) is 0 Å². The highest BCUT2D eigenvalue weighted by atomic mass is 79.9. The van der Waals surface area contributed by atoms with E-state index in [1.807, 2.05) is 0 Å². The molecule has 0 amide bonds. The Labute approximate surface area is 97.5 Å². The van der Waals surface area contributed by atoms with Crippen LogP contribution in [0.2, 0.25) is 0 Å². The lowest BCUT2D eigenvalue weighted by Crippen LogP contribution is -2.10. The molecule has 0 aromatic heterocycles. The Hall–Kier alpha value is -1.11. The topological polar surface area (TPSA) is 43.1 Å². The van der Waals surface area contributed by atoms with Gasteiger partial charge in [-0.05, 0) is 12.5 Å². The smallest absolute Gasteiger partial charge is 0.258 e. The largest absolute Gasteiger partial charge is 0.416 e. The van der Waals surface area contributed by atoms with Crippen molar-refractivity contribution < 1.29 is 18.1 Å². The first-order valence-corrected chi connectivity index (χ1v) is 5.14. The Kier molecular flexibility index (Phi) is 3.57. The van der Waals surface area contributed by atoms with Gasteiger partial charge in [0.25, 0.3) is 5.69 Å². The number of rotatable bonds is 2. The Balaban J connectivity index is 3.39. The minimum Gasteiger partial charge on any atom is -0.258 e. The van der Waals surface area contributed by atoms with Crippen LogP contribution in [0.1, 0.15) is 22.9 Å².